The normalized spacial score (nSPS) is 17.2. The molecule has 0 aliphatic heterocycles. The second-order valence-electron chi connectivity index (χ2n) is 5.29. The highest BCUT2D eigenvalue weighted by molar-refractivity contribution is 7.10. The fourth-order valence-corrected chi connectivity index (χ4v) is 3.92. The van der Waals surface area contributed by atoms with Crippen LogP contribution in [0.5, 0.6) is 0 Å². The fourth-order valence-electron chi connectivity index (χ4n) is 2.38. The van der Waals surface area contributed by atoms with Crippen LogP contribution in [-0.4, -0.2) is 17.7 Å². The Hall–Kier alpha value is -1.37. The van der Waals surface area contributed by atoms with Gasteiger partial charge in [-0.2, -0.15) is 0 Å². The molecule has 0 bridgehead atoms. The molecule has 3 rings (SSSR count). The summed E-state index contributed by atoms with van der Waals surface area (Å²) in [6.07, 6.45) is 2.04. The first-order valence-corrected chi connectivity index (χ1v) is 8.75. The van der Waals surface area contributed by atoms with Crippen molar-refractivity contribution in [2.24, 2.45) is 5.92 Å². The number of thiophene rings is 2. The summed E-state index contributed by atoms with van der Waals surface area (Å²) in [5, 5.41) is 20.4. The lowest BCUT2D eigenvalue weighted by Crippen LogP contribution is -2.45. The van der Waals surface area contributed by atoms with Crippen molar-refractivity contribution >= 4 is 28.7 Å². The van der Waals surface area contributed by atoms with Crippen LogP contribution < -0.4 is 10.6 Å². The Kier molecular flexibility index (Phi) is 4.28. The fraction of sp³-hybridized carbons (Fsp3) is 0.400. The van der Waals surface area contributed by atoms with E-state index in [-0.39, 0.29) is 18.5 Å². The monoisotopic (exact) mass is 322 g/mol. The Balaban J connectivity index is 1.54. The van der Waals surface area contributed by atoms with Crippen LogP contribution in [0, 0.1) is 5.92 Å². The lowest BCUT2D eigenvalue weighted by molar-refractivity contribution is 0.0196. The van der Waals surface area contributed by atoms with Gasteiger partial charge in [0.05, 0.1) is 13.1 Å². The van der Waals surface area contributed by atoms with Crippen molar-refractivity contribution in [2.45, 2.75) is 25.0 Å². The van der Waals surface area contributed by atoms with Crippen LogP contribution in [0.3, 0.4) is 0 Å². The molecule has 0 unspecified atom stereocenters. The Labute approximate surface area is 131 Å². The van der Waals surface area contributed by atoms with Gasteiger partial charge in [0.2, 0.25) is 0 Å². The second-order valence-corrected chi connectivity index (χ2v) is 7.27. The Morgan fingerprint density at radius 3 is 2.62 bits per heavy atom. The summed E-state index contributed by atoms with van der Waals surface area (Å²) in [4.78, 5) is 13.9. The molecule has 0 saturated heterocycles. The van der Waals surface area contributed by atoms with Crippen molar-refractivity contribution in [2.75, 3.05) is 6.54 Å². The van der Waals surface area contributed by atoms with E-state index >= 15 is 0 Å². The van der Waals surface area contributed by atoms with E-state index in [2.05, 4.69) is 10.6 Å². The van der Waals surface area contributed by atoms with E-state index < -0.39 is 5.60 Å². The first kappa shape index (κ1) is 14.6. The Bertz CT molecular complexity index is 579. The van der Waals surface area contributed by atoms with E-state index in [9.17, 15) is 9.90 Å². The lowest BCUT2D eigenvalue weighted by Gasteiger charge is -2.27. The summed E-state index contributed by atoms with van der Waals surface area (Å²) in [6, 6.07) is 7.58. The molecular weight excluding hydrogens is 304 g/mol. The van der Waals surface area contributed by atoms with Gasteiger partial charge in [-0.3, -0.25) is 0 Å². The molecule has 0 spiro atoms. The maximum Gasteiger partial charge on any atom is 0.315 e. The molecule has 2 aromatic rings. The number of urea groups is 1. The number of hydrogen-bond donors (Lipinski definition) is 3. The van der Waals surface area contributed by atoms with Gasteiger partial charge in [0.1, 0.15) is 5.60 Å². The van der Waals surface area contributed by atoms with Crippen molar-refractivity contribution in [1.82, 2.24) is 10.6 Å². The smallest absolute Gasteiger partial charge is 0.315 e. The summed E-state index contributed by atoms with van der Waals surface area (Å²) < 4.78 is 0. The number of carbonyl (C=O) groups excluding carboxylic acids is 1. The summed E-state index contributed by atoms with van der Waals surface area (Å²) in [5.74, 6) is 0.258. The van der Waals surface area contributed by atoms with Crippen molar-refractivity contribution in [3.63, 3.8) is 0 Å². The van der Waals surface area contributed by atoms with Crippen LogP contribution in [0.25, 0.3) is 0 Å². The molecular formula is C15H18N2O2S2. The van der Waals surface area contributed by atoms with Gasteiger partial charge in [0, 0.05) is 9.75 Å². The summed E-state index contributed by atoms with van der Waals surface area (Å²) >= 11 is 3.15. The molecule has 1 saturated carbocycles. The summed E-state index contributed by atoms with van der Waals surface area (Å²) in [5.41, 5.74) is -0.922. The molecule has 1 aliphatic carbocycles. The van der Waals surface area contributed by atoms with E-state index in [0.717, 1.165) is 22.6 Å². The molecule has 4 nitrogen and oxygen atoms in total. The minimum atomic E-state index is -0.922. The van der Waals surface area contributed by atoms with Gasteiger partial charge in [-0.05, 0) is 41.7 Å². The van der Waals surface area contributed by atoms with Gasteiger partial charge in [0.25, 0.3) is 0 Å². The van der Waals surface area contributed by atoms with E-state index in [4.69, 9.17) is 0 Å². The Morgan fingerprint density at radius 2 is 2.00 bits per heavy atom. The van der Waals surface area contributed by atoms with E-state index in [0.29, 0.717) is 6.54 Å². The van der Waals surface area contributed by atoms with E-state index in [1.54, 1.807) is 22.7 Å². The van der Waals surface area contributed by atoms with E-state index in [1.807, 2.05) is 35.0 Å². The number of nitrogens with one attached hydrogen (secondary N) is 2. The largest absolute Gasteiger partial charge is 0.382 e. The third-order valence-corrected chi connectivity index (χ3v) is 5.64. The maximum atomic E-state index is 11.9. The molecule has 112 valence electrons. The van der Waals surface area contributed by atoms with Crippen LogP contribution in [0.15, 0.2) is 35.0 Å². The number of hydrogen-bond acceptors (Lipinski definition) is 4. The van der Waals surface area contributed by atoms with Crippen LogP contribution in [-0.2, 0) is 12.1 Å². The third kappa shape index (κ3) is 3.45. The van der Waals surface area contributed by atoms with Gasteiger partial charge in [-0.15, -0.1) is 22.7 Å². The van der Waals surface area contributed by atoms with Crippen LogP contribution >= 0.6 is 22.7 Å². The van der Waals surface area contributed by atoms with Gasteiger partial charge >= 0.3 is 6.03 Å². The van der Waals surface area contributed by atoms with Crippen molar-refractivity contribution in [3.05, 3.63) is 44.8 Å². The van der Waals surface area contributed by atoms with Crippen molar-refractivity contribution < 1.29 is 9.90 Å². The van der Waals surface area contributed by atoms with Crippen LogP contribution in [0.4, 0.5) is 4.79 Å². The SMILES string of the molecule is O=C(NCc1cccs1)NC[C@@](O)(c1cccs1)C1CC1. The molecule has 21 heavy (non-hydrogen) atoms. The first-order chi connectivity index (χ1) is 10.2. The van der Waals surface area contributed by atoms with Crippen LogP contribution in [0.1, 0.15) is 22.6 Å². The molecule has 2 heterocycles. The number of amides is 2. The zero-order valence-electron chi connectivity index (χ0n) is 11.5. The average molecular weight is 322 g/mol. The molecule has 0 aromatic carbocycles. The highest BCUT2D eigenvalue weighted by atomic mass is 32.1. The van der Waals surface area contributed by atoms with Gasteiger partial charge < -0.3 is 15.7 Å². The summed E-state index contributed by atoms with van der Waals surface area (Å²) in [7, 11) is 0. The minimum Gasteiger partial charge on any atom is -0.382 e. The molecule has 2 amide bonds. The van der Waals surface area contributed by atoms with Gasteiger partial charge in [-0.1, -0.05) is 12.1 Å². The van der Waals surface area contributed by atoms with Crippen molar-refractivity contribution in [1.29, 1.82) is 0 Å². The van der Waals surface area contributed by atoms with Gasteiger partial charge in [-0.25, -0.2) is 4.79 Å². The molecule has 1 atom stereocenters. The highest BCUT2D eigenvalue weighted by Gasteiger charge is 2.45. The number of rotatable bonds is 6. The molecule has 6 heteroatoms. The predicted octanol–water partition coefficient (Wildman–Crippen LogP) is 2.91. The lowest BCUT2D eigenvalue weighted by atomic mass is 9.96. The van der Waals surface area contributed by atoms with Crippen molar-refractivity contribution in [3.8, 4) is 0 Å². The molecule has 3 N–H and O–H groups in total. The molecule has 1 fully saturated rings. The first-order valence-electron chi connectivity index (χ1n) is 6.99. The van der Waals surface area contributed by atoms with E-state index in [1.165, 1.54) is 0 Å². The van der Waals surface area contributed by atoms with Crippen LogP contribution in [0.2, 0.25) is 0 Å². The molecule has 0 radical (unpaired) electrons. The second kappa shape index (κ2) is 6.17. The average Bonchev–Trinajstić information content (AvgIpc) is 3.00. The standard InChI is InChI=1S/C15H18N2O2S2/c18-14(16-9-12-3-1-7-20-12)17-10-15(19,11-5-6-11)13-4-2-8-21-13/h1-4,7-8,11,19H,5-6,9-10H2,(H2,16,17,18)/t15-/m0/s1. The topological polar surface area (TPSA) is 61.4 Å². The Morgan fingerprint density at radius 1 is 1.24 bits per heavy atom. The van der Waals surface area contributed by atoms with Gasteiger partial charge in [0.15, 0.2) is 0 Å². The zero-order chi connectivity index (χ0) is 14.7. The molecule has 1 aliphatic rings. The highest BCUT2D eigenvalue weighted by Crippen LogP contribution is 2.46. The predicted molar refractivity (Wildman–Crippen MR) is 85.5 cm³/mol. The third-order valence-electron chi connectivity index (χ3n) is 3.72. The zero-order valence-corrected chi connectivity index (χ0v) is 13.2. The number of carbonyl (C=O) groups is 1. The molecule has 2 aromatic heterocycles. The maximum absolute atomic E-state index is 11.9. The quantitative estimate of drug-likeness (QED) is 0.766. The minimum absolute atomic E-state index is 0.237. The summed E-state index contributed by atoms with van der Waals surface area (Å²) in [6.45, 7) is 0.777. The number of aliphatic hydroxyl groups is 1.